The Labute approximate surface area is 159 Å². The predicted molar refractivity (Wildman–Crippen MR) is 105 cm³/mol. The molecule has 26 heavy (non-hydrogen) atoms. The van der Waals surface area contributed by atoms with Gasteiger partial charge in [0.25, 0.3) is 15.9 Å². The van der Waals surface area contributed by atoms with E-state index in [4.69, 9.17) is 0 Å². The number of piperidine rings is 1. The van der Waals surface area contributed by atoms with Crippen molar-refractivity contribution in [2.75, 3.05) is 24.4 Å². The molecule has 1 aromatic heterocycles. The first-order valence-electron chi connectivity index (χ1n) is 8.73. The first-order chi connectivity index (χ1) is 12.3. The molecule has 0 N–H and O–H groups in total. The van der Waals surface area contributed by atoms with E-state index in [1.807, 2.05) is 11.8 Å². The highest BCUT2D eigenvalue weighted by Gasteiger charge is 2.29. The molecule has 1 amide bonds. The highest BCUT2D eigenvalue weighted by molar-refractivity contribution is 7.92. The SMILES string of the molecule is Cc1ccc(S(=O)(=O)N(C)c2ccsc2C(=O)N2CCC[C@H](C)C2)cc1. The number of benzene rings is 1. The number of rotatable bonds is 4. The molecule has 7 heteroatoms. The molecule has 1 atom stereocenters. The van der Waals surface area contributed by atoms with Crippen LogP contribution >= 0.6 is 11.3 Å². The Morgan fingerprint density at radius 2 is 1.92 bits per heavy atom. The summed E-state index contributed by atoms with van der Waals surface area (Å²) in [5.41, 5.74) is 1.44. The van der Waals surface area contributed by atoms with Gasteiger partial charge in [-0.15, -0.1) is 11.3 Å². The molecule has 1 saturated heterocycles. The Bertz CT molecular complexity index is 888. The van der Waals surface area contributed by atoms with E-state index in [2.05, 4.69) is 6.92 Å². The van der Waals surface area contributed by atoms with E-state index >= 15 is 0 Å². The van der Waals surface area contributed by atoms with Crippen molar-refractivity contribution in [1.82, 2.24) is 4.90 Å². The molecular weight excluding hydrogens is 368 g/mol. The van der Waals surface area contributed by atoms with Gasteiger partial charge >= 0.3 is 0 Å². The molecule has 5 nitrogen and oxygen atoms in total. The largest absolute Gasteiger partial charge is 0.338 e. The van der Waals surface area contributed by atoms with Gasteiger partial charge in [0.2, 0.25) is 0 Å². The number of aryl methyl sites for hydroxylation is 1. The first-order valence-corrected chi connectivity index (χ1v) is 11.0. The second-order valence-electron chi connectivity index (χ2n) is 6.92. The number of nitrogens with zero attached hydrogens (tertiary/aromatic N) is 2. The van der Waals surface area contributed by atoms with Gasteiger partial charge in [-0.25, -0.2) is 8.42 Å². The molecular formula is C19H24N2O3S2. The van der Waals surface area contributed by atoms with Crippen molar-refractivity contribution in [3.05, 3.63) is 46.2 Å². The van der Waals surface area contributed by atoms with Crippen molar-refractivity contribution in [1.29, 1.82) is 0 Å². The summed E-state index contributed by atoms with van der Waals surface area (Å²) in [5.74, 6) is 0.401. The number of anilines is 1. The minimum absolute atomic E-state index is 0.0764. The molecule has 2 aromatic rings. The van der Waals surface area contributed by atoms with Crippen LogP contribution in [0.3, 0.4) is 0 Å². The van der Waals surface area contributed by atoms with Gasteiger partial charge in [-0.05, 0) is 49.3 Å². The molecule has 1 aliphatic heterocycles. The Balaban J connectivity index is 1.89. The number of carbonyl (C=O) groups is 1. The topological polar surface area (TPSA) is 57.7 Å². The van der Waals surface area contributed by atoms with Crippen molar-refractivity contribution < 1.29 is 13.2 Å². The molecule has 1 aromatic carbocycles. The fourth-order valence-corrected chi connectivity index (χ4v) is 5.38. The highest BCUT2D eigenvalue weighted by atomic mass is 32.2. The molecule has 0 radical (unpaired) electrons. The quantitative estimate of drug-likeness (QED) is 0.796. The monoisotopic (exact) mass is 392 g/mol. The van der Waals surface area contributed by atoms with Crippen molar-refractivity contribution in [3.8, 4) is 0 Å². The number of likely N-dealkylation sites (tertiary alicyclic amines) is 1. The number of sulfonamides is 1. The highest BCUT2D eigenvalue weighted by Crippen LogP contribution is 2.32. The Hall–Kier alpha value is -1.86. The number of thiophene rings is 1. The third-order valence-electron chi connectivity index (χ3n) is 4.80. The molecule has 0 bridgehead atoms. The number of carbonyl (C=O) groups excluding carboxylic acids is 1. The van der Waals surface area contributed by atoms with E-state index < -0.39 is 10.0 Å². The summed E-state index contributed by atoms with van der Waals surface area (Å²) >= 11 is 1.30. The summed E-state index contributed by atoms with van der Waals surface area (Å²) in [4.78, 5) is 15.5. The third-order valence-corrected chi connectivity index (χ3v) is 7.48. The molecule has 140 valence electrons. The lowest BCUT2D eigenvalue weighted by Crippen LogP contribution is -2.39. The molecule has 0 aliphatic carbocycles. The fraction of sp³-hybridized carbons (Fsp3) is 0.421. The van der Waals surface area contributed by atoms with Crippen LogP contribution in [0, 0.1) is 12.8 Å². The van der Waals surface area contributed by atoms with E-state index in [1.54, 1.807) is 35.7 Å². The lowest BCUT2D eigenvalue weighted by atomic mass is 10.0. The van der Waals surface area contributed by atoms with Crippen LogP contribution in [0.25, 0.3) is 0 Å². The summed E-state index contributed by atoms with van der Waals surface area (Å²) < 4.78 is 27.1. The van der Waals surface area contributed by atoms with Crippen molar-refractivity contribution in [2.45, 2.75) is 31.6 Å². The van der Waals surface area contributed by atoms with E-state index in [-0.39, 0.29) is 10.8 Å². The minimum atomic E-state index is -3.71. The second-order valence-corrected chi connectivity index (χ2v) is 9.80. The summed E-state index contributed by atoms with van der Waals surface area (Å²) in [6.45, 7) is 5.51. The summed E-state index contributed by atoms with van der Waals surface area (Å²) in [7, 11) is -2.20. The lowest BCUT2D eigenvalue weighted by Gasteiger charge is -2.31. The van der Waals surface area contributed by atoms with Gasteiger partial charge in [0.1, 0.15) is 4.88 Å². The van der Waals surface area contributed by atoms with E-state index in [1.165, 1.54) is 22.7 Å². The standard InChI is InChI=1S/C19H24N2O3S2/c1-14-6-8-16(9-7-14)26(23,24)20(3)17-10-12-25-18(17)19(22)21-11-4-5-15(2)13-21/h6-10,12,15H,4-5,11,13H2,1-3H3/t15-/m0/s1. The van der Waals surface area contributed by atoms with Gasteiger partial charge in [-0.1, -0.05) is 24.6 Å². The van der Waals surface area contributed by atoms with Crippen LogP contribution in [-0.4, -0.2) is 39.4 Å². The normalized spacial score (nSPS) is 18.0. The van der Waals surface area contributed by atoms with Crippen LogP contribution in [0.4, 0.5) is 5.69 Å². The van der Waals surface area contributed by atoms with Crippen molar-refractivity contribution in [2.24, 2.45) is 5.92 Å². The van der Waals surface area contributed by atoms with Crippen LogP contribution in [0.5, 0.6) is 0 Å². The summed E-state index contributed by atoms with van der Waals surface area (Å²) in [6.07, 6.45) is 2.12. The number of hydrogen-bond acceptors (Lipinski definition) is 4. The average Bonchev–Trinajstić information content (AvgIpc) is 3.10. The Morgan fingerprint density at radius 1 is 1.23 bits per heavy atom. The van der Waals surface area contributed by atoms with Gasteiger partial charge < -0.3 is 4.90 Å². The molecule has 2 heterocycles. The maximum atomic E-state index is 13.0. The number of hydrogen-bond donors (Lipinski definition) is 0. The van der Waals surface area contributed by atoms with Crippen molar-refractivity contribution in [3.63, 3.8) is 0 Å². The fourth-order valence-electron chi connectivity index (χ4n) is 3.23. The third kappa shape index (κ3) is 3.64. The van der Waals surface area contributed by atoms with Crippen LogP contribution < -0.4 is 4.31 Å². The second kappa shape index (κ2) is 7.40. The minimum Gasteiger partial charge on any atom is -0.338 e. The molecule has 1 fully saturated rings. The summed E-state index contributed by atoms with van der Waals surface area (Å²) in [6, 6.07) is 8.45. The summed E-state index contributed by atoms with van der Waals surface area (Å²) in [5, 5.41) is 1.77. The van der Waals surface area contributed by atoms with Crippen molar-refractivity contribution >= 4 is 33.0 Å². The average molecular weight is 393 g/mol. The molecule has 3 rings (SSSR count). The smallest absolute Gasteiger partial charge is 0.266 e. The predicted octanol–water partition coefficient (Wildman–Crippen LogP) is 3.75. The zero-order chi connectivity index (χ0) is 18.9. The van der Waals surface area contributed by atoms with Crippen LogP contribution in [0.15, 0.2) is 40.6 Å². The molecule has 0 spiro atoms. The van der Waals surface area contributed by atoms with Crippen LogP contribution in [0.1, 0.15) is 35.0 Å². The zero-order valence-corrected chi connectivity index (χ0v) is 16.9. The maximum Gasteiger partial charge on any atom is 0.266 e. The lowest BCUT2D eigenvalue weighted by molar-refractivity contribution is 0.0689. The van der Waals surface area contributed by atoms with Gasteiger partial charge in [-0.2, -0.15) is 0 Å². The van der Waals surface area contributed by atoms with Gasteiger partial charge in [0.05, 0.1) is 10.6 Å². The Kier molecular flexibility index (Phi) is 5.39. The Morgan fingerprint density at radius 3 is 2.58 bits per heavy atom. The molecule has 0 saturated carbocycles. The van der Waals surface area contributed by atoms with Gasteiger partial charge in [0, 0.05) is 20.1 Å². The van der Waals surface area contributed by atoms with Gasteiger partial charge in [-0.3, -0.25) is 9.10 Å². The zero-order valence-electron chi connectivity index (χ0n) is 15.3. The van der Waals surface area contributed by atoms with Crippen LogP contribution in [-0.2, 0) is 10.0 Å². The van der Waals surface area contributed by atoms with E-state index in [0.29, 0.717) is 16.5 Å². The number of amides is 1. The van der Waals surface area contributed by atoms with E-state index in [9.17, 15) is 13.2 Å². The maximum absolute atomic E-state index is 13.0. The first kappa shape index (κ1) is 18.9. The van der Waals surface area contributed by atoms with Gasteiger partial charge in [0.15, 0.2) is 0 Å². The molecule has 1 aliphatic rings. The van der Waals surface area contributed by atoms with Crippen LogP contribution in [0.2, 0.25) is 0 Å². The molecule has 0 unspecified atom stereocenters. The van der Waals surface area contributed by atoms with E-state index in [0.717, 1.165) is 31.5 Å².